The Morgan fingerprint density at radius 3 is 2.12 bits per heavy atom. The Morgan fingerprint density at radius 2 is 1.65 bits per heavy atom. The van der Waals surface area contributed by atoms with Gasteiger partial charge in [0.15, 0.2) is 11.6 Å². The minimum Gasteiger partial charge on any atom is -0.204 e. The third-order valence-corrected chi connectivity index (χ3v) is 3.91. The summed E-state index contributed by atoms with van der Waals surface area (Å²) < 4.78 is 26.7. The molecule has 2 heteroatoms. The fourth-order valence-electron chi connectivity index (χ4n) is 2.17. The van der Waals surface area contributed by atoms with E-state index in [0.29, 0.717) is 5.92 Å². The van der Waals surface area contributed by atoms with Crippen molar-refractivity contribution in [2.45, 2.75) is 52.4 Å². The van der Waals surface area contributed by atoms with Crippen molar-refractivity contribution in [2.24, 2.45) is 5.41 Å². The van der Waals surface area contributed by atoms with Gasteiger partial charge in [-0.15, -0.1) is 0 Å². The highest BCUT2D eigenvalue weighted by Gasteiger charge is 2.32. The zero-order chi connectivity index (χ0) is 12.8. The molecule has 0 N–H and O–H groups in total. The van der Waals surface area contributed by atoms with E-state index < -0.39 is 11.6 Å². The molecule has 0 saturated heterocycles. The van der Waals surface area contributed by atoms with Crippen molar-refractivity contribution in [2.75, 3.05) is 0 Å². The summed E-state index contributed by atoms with van der Waals surface area (Å²) in [6, 6.07) is 2.81. The average molecular weight is 238 g/mol. The van der Waals surface area contributed by atoms with Gasteiger partial charge in [0.25, 0.3) is 0 Å². The van der Waals surface area contributed by atoms with Crippen molar-refractivity contribution in [1.29, 1.82) is 0 Å². The van der Waals surface area contributed by atoms with Crippen LogP contribution in [-0.2, 0) is 0 Å². The molecule has 1 atom stereocenters. The van der Waals surface area contributed by atoms with Gasteiger partial charge in [0.05, 0.1) is 0 Å². The molecule has 0 nitrogen and oxygen atoms in total. The molecule has 0 bridgehead atoms. The molecule has 0 spiro atoms. The van der Waals surface area contributed by atoms with Crippen molar-refractivity contribution < 1.29 is 8.78 Å². The van der Waals surface area contributed by atoms with Crippen LogP contribution in [0.2, 0.25) is 0 Å². The van der Waals surface area contributed by atoms with E-state index in [1.165, 1.54) is 12.1 Å². The number of hydrogen-bond acceptors (Lipinski definition) is 0. The summed E-state index contributed by atoms with van der Waals surface area (Å²) in [6.45, 7) is 8.50. The number of hydrogen-bond donors (Lipinski definition) is 0. The topological polar surface area (TPSA) is 0 Å². The summed E-state index contributed by atoms with van der Waals surface area (Å²) in [7, 11) is 0. The summed E-state index contributed by atoms with van der Waals surface area (Å²) in [4.78, 5) is 0. The van der Waals surface area contributed by atoms with E-state index in [1.54, 1.807) is 0 Å². The summed E-state index contributed by atoms with van der Waals surface area (Å²) in [5, 5.41) is 0. The second kappa shape index (κ2) is 4.08. The second-order valence-corrected chi connectivity index (χ2v) is 6.26. The first kappa shape index (κ1) is 12.5. The Morgan fingerprint density at radius 1 is 1.12 bits per heavy atom. The van der Waals surface area contributed by atoms with Gasteiger partial charge in [0, 0.05) is 0 Å². The average Bonchev–Trinajstić information content (AvgIpc) is 3.02. The maximum absolute atomic E-state index is 13.4. The zero-order valence-corrected chi connectivity index (χ0v) is 11.0. The summed E-state index contributed by atoms with van der Waals surface area (Å²) in [5.74, 6) is -0.754. The van der Waals surface area contributed by atoms with E-state index in [4.69, 9.17) is 0 Å². The van der Waals surface area contributed by atoms with Crippen LogP contribution in [0.1, 0.15) is 63.5 Å². The Balaban J connectivity index is 2.47. The summed E-state index contributed by atoms with van der Waals surface area (Å²) >= 11 is 0. The molecule has 1 aliphatic carbocycles. The lowest BCUT2D eigenvalue weighted by atomic mass is 9.76. The predicted octanol–water partition coefficient (Wildman–Crippen LogP) is 4.99. The van der Waals surface area contributed by atoms with Crippen LogP contribution in [-0.4, -0.2) is 0 Å². The maximum Gasteiger partial charge on any atom is 0.159 e. The molecule has 0 aromatic heterocycles. The van der Waals surface area contributed by atoms with Crippen LogP contribution in [0.25, 0.3) is 0 Å². The highest BCUT2D eigenvalue weighted by atomic mass is 19.2. The Kier molecular flexibility index (Phi) is 3.01. The van der Waals surface area contributed by atoms with E-state index in [1.807, 2.05) is 0 Å². The highest BCUT2D eigenvalue weighted by molar-refractivity contribution is 5.37. The smallest absolute Gasteiger partial charge is 0.159 e. The molecule has 1 unspecified atom stereocenters. The van der Waals surface area contributed by atoms with Crippen LogP contribution < -0.4 is 0 Å². The summed E-state index contributed by atoms with van der Waals surface area (Å²) in [6.07, 6.45) is 2.21. The van der Waals surface area contributed by atoms with Gasteiger partial charge < -0.3 is 0 Å². The molecule has 1 aromatic carbocycles. The molecule has 1 aliphatic rings. The van der Waals surface area contributed by atoms with Crippen LogP contribution in [0.5, 0.6) is 0 Å². The first-order valence-electron chi connectivity index (χ1n) is 6.29. The van der Waals surface area contributed by atoms with Crippen molar-refractivity contribution in [3.8, 4) is 0 Å². The molecule has 94 valence electrons. The fraction of sp³-hybridized carbons (Fsp3) is 0.600. The van der Waals surface area contributed by atoms with Gasteiger partial charge in [-0.2, -0.15) is 0 Å². The molecule has 1 fully saturated rings. The lowest BCUT2D eigenvalue weighted by Crippen LogP contribution is -2.17. The third-order valence-electron chi connectivity index (χ3n) is 3.91. The van der Waals surface area contributed by atoms with Crippen molar-refractivity contribution >= 4 is 0 Å². The van der Waals surface area contributed by atoms with E-state index in [0.717, 1.165) is 24.0 Å². The quantitative estimate of drug-likeness (QED) is 0.680. The zero-order valence-electron chi connectivity index (χ0n) is 11.0. The lowest BCUT2D eigenvalue weighted by molar-refractivity contribution is 0.336. The molecular formula is C15H20F2. The first-order chi connectivity index (χ1) is 7.80. The first-order valence-corrected chi connectivity index (χ1v) is 6.29. The minimum absolute atomic E-state index is 0.0634. The van der Waals surface area contributed by atoms with Crippen LogP contribution >= 0.6 is 0 Å². The minimum atomic E-state index is -0.722. The molecule has 0 amide bonds. The largest absolute Gasteiger partial charge is 0.204 e. The standard InChI is InChI=1S/C15H20F2/c1-9(15(2,3)4)11-7-13(16)14(17)8-12(11)10-5-6-10/h7-10H,5-6H2,1-4H3. The normalized spacial score (nSPS) is 18.2. The molecule has 0 radical (unpaired) electrons. The van der Waals surface area contributed by atoms with Crippen LogP contribution in [0.4, 0.5) is 8.78 Å². The van der Waals surface area contributed by atoms with Crippen LogP contribution in [0.15, 0.2) is 12.1 Å². The van der Waals surface area contributed by atoms with Gasteiger partial charge >= 0.3 is 0 Å². The number of benzene rings is 1. The van der Waals surface area contributed by atoms with E-state index in [2.05, 4.69) is 27.7 Å². The molecule has 17 heavy (non-hydrogen) atoms. The van der Waals surface area contributed by atoms with Gasteiger partial charge in [-0.05, 0) is 53.4 Å². The number of rotatable bonds is 2. The SMILES string of the molecule is CC(c1cc(F)c(F)cc1C1CC1)C(C)(C)C. The molecule has 1 aromatic rings. The third kappa shape index (κ3) is 2.51. The lowest BCUT2D eigenvalue weighted by Gasteiger charge is -2.29. The molecule has 2 rings (SSSR count). The van der Waals surface area contributed by atoms with E-state index in [9.17, 15) is 8.78 Å². The van der Waals surface area contributed by atoms with Gasteiger partial charge in [-0.1, -0.05) is 27.7 Å². The monoisotopic (exact) mass is 238 g/mol. The summed E-state index contributed by atoms with van der Waals surface area (Å²) in [5.41, 5.74) is 2.07. The van der Waals surface area contributed by atoms with Gasteiger partial charge in [0.2, 0.25) is 0 Å². The highest BCUT2D eigenvalue weighted by Crippen LogP contribution is 2.46. The Bertz CT molecular complexity index is 425. The molecule has 0 heterocycles. The predicted molar refractivity (Wildman–Crippen MR) is 66.2 cm³/mol. The van der Waals surface area contributed by atoms with Crippen LogP contribution in [0, 0.1) is 17.0 Å². The molecular weight excluding hydrogens is 218 g/mol. The van der Waals surface area contributed by atoms with Gasteiger partial charge in [0.1, 0.15) is 0 Å². The van der Waals surface area contributed by atoms with Crippen molar-refractivity contribution in [1.82, 2.24) is 0 Å². The Hall–Kier alpha value is -0.920. The van der Waals surface area contributed by atoms with E-state index in [-0.39, 0.29) is 11.3 Å². The molecule has 1 saturated carbocycles. The van der Waals surface area contributed by atoms with E-state index >= 15 is 0 Å². The fourth-order valence-corrected chi connectivity index (χ4v) is 2.17. The van der Waals surface area contributed by atoms with Crippen molar-refractivity contribution in [3.05, 3.63) is 34.9 Å². The van der Waals surface area contributed by atoms with Crippen molar-refractivity contribution in [3.63, 3.8) is 0 Å². The van der Waals surface area contributed by atoms with Crippen LogP contribution in [0.3, 0.4) is 0 Å². The number of halogens is 2. The van der Waals surface area contributed by atoms with Gasteiger partial charge in [-0.25, -0.2) is 8.78 Å². The van der Waals surface area contributed by atoms with Gasteiger partial charge in [-0.3, -0.25) is 0 Å². The maximum atomic E-state index is 13.4. The second-order valence-electron chi connectivity index (χ2n) is 6.26. The Labute approximate surface area is 102 Å². The molecule has 0 aliphatic heterocycles.